The lowest BCUT2D eigenvalue weighted by atomic mass is 10.2. The molecule has 1 aromatic carbocycles. The second-order valence-corrected chi connectivity index (χ2v) is 5.74. The number of benzene rings is 1. The molecule has 8 nitrogen and oxygen atoms in total. The summed E-state index contributed by atoms with van der Waals surface area (Å²) in [5.41, 5.74) is 0.891. The summed E-state index contributed by atoms with van der Waals surface area (Å²) in [5.74, 6) is -0.0533. The molecule has 0 bridgehead atoms. The maximum Gasteiger partial charge on any atom is 0.275 e. The number of halogens is 1. The number of amides is 1. The number of ether oxygens (including phenoxy) is 1. The van der Waals surface area contributed by atoms with E-state index in [1.165, 1.54) is 30.0 Å². The minimum atomic E-state index is -0.578. The van der Waals surface area contributed by atoms with Gasteiger partial charge in [0.2, 0.25) is 5.91 Å². The largest absolute Gasteiger partial charge is 0.496 e. The van der Waals surface area contributed by atoms with E-state index in [0.29, 0.717) is 5.75 Å². The molecule has 0 aliphatic carbocycles. The average molecular weight is 383 g/mol. The third kappa shape index (κ3) is 3.86. The highest BCUT2D eigenvalue weighted by atomic mass is 79.9. The summed E-state index contributed by atoms with van der Waals surface area (Å²) in [5, 5.41) is 17.8. The lowest BCUT2D eigenvalue weighted by Crippen LogP contribution is -2.24. The highest BCUT2D eigenvalue weighted by molar-refractivity contribution is 9.10. The standard InChI is InChI=1S/C14H15BrN4O4/c1-8-13(15)7-18(17-8)9(2)14(20)16-10-4-11(19(21)22)6-12(5-10)23-3/h4-7,9H,1-3H3,(H,16,20). The smallest absolute Gasteiger partial charge is 0.275 e. The van der Waals surface area contributed by atoms with Gasteiger partial charge in [-0.25, -0.2) is 0 Å². The van der Waals surface area contributed by atoms with Crippen molar-refractivity contribution in [3.8, 4) is 5.75 Å². The van der Waals surface area contributed by atoms with Crippen LogP contribution >= 0.6 is 15.9 Å². The van der Waals surface area contributed by atoms with Crippen LogP contribution in [0, 0.1) is 17.0 Å². The minimum absolute atomic E-state index is 0.162. The van der Waals surface area contributed by atoms with Crippen LogP contribution in [0.3, 0.4) is 0 Å². The van der Waals surface area contributed by atoms with Crippen molar-refractivity contribution < 1.29 is 14.5 Å². The van der Waals surface area contributed by atoms with Gasteiger partial charge in [0.15, 0.2) is 0 Å². The predicted octanol–water partition coefficient (Wildman–Crippen LogP) is 3.07. The molecule has 1 aromatic heterocycles. The molecule has 1 amide bonds. The summed E-state index contributed by atoms with van der Waals surface area (Å²) >= 11 is 3.34. The van der Waals surface area contributed by atoms with Gasteiger partial charge in [0.05, 0.1) is 34.0 Å². The molecule has 0 spiro atoms. The number of hydrogen-bond acceptors (Lipinski definition) is 5. The van der Waals surface area contributed by atoms with Gasteiger partial charge in [0, 0.05) is 18.3 Å². The molecule has 122 valence electrons. The molecule has 1 unspecified atom stereocenters. The maximum absolute atomic E-state index is 12.3. The van der Waals surface area contributed by atoms with Crippen LogP contribution in [0.15, 0.2) is 28.9 Å². The van der Waals surface area contributed by atoms with Gasteiger partial charge in [0.25, 0.3) is 5.69 Å². The highest BCUT2D eigenvalue weighted by Crippen LogP contribution is 2.26. The van der Waals surface area contributed by atoms with E-state index in [4.69, 9.17) is 4.74 Å². The molecule has 0 saturated carbocycles. The van der Waals surface area contributed by atoms with Gasteiger partial charge >= 0.3 is 0 Å². The van der Waals surface area contributed by atoms with Gasteiger partial charge in [-0.15, -0.1) is 0 Å². The Kier molecular flexibility index (Phi) is 4.99. The number of nitro groups is 1. The van der Waals surface area contributed by atoms with Crippen LogP contribution in [-0.2, 0) is 4.79 Å². The summed E-state index contributed by atoms with van der Waals surface area (Å²) in [7, 11) is 1.40. The number of aromatic nitrogens is 2. The molecule has 0 radical (unpaired) electrons. The van der Waals surface area contributed by atoms with E-state index >= 15 is 0 Å². The van der Waals surface area contributed by atoms with Crippen LogP contribution in [0.5, 0.6) is 5.75 Å². The topological polar surface area (TPSA) is 99.3 Å². The number of aryl methyl sites for hydroxylation is 1. The molecular formula is C14H15BrN4O4. The van der Waals surface area contributed by atoms with E-state index in [-0.39, 0.29) is 17.3 Å². The SMILES string of the molecule is COc1cc(NC(=O)C(C)n2cc(Br)c(C)n2)cc([N+](=O)[O-])c1. The summed E-state index contributed by atoms with van der Waals surface area (Å²) in [4.78, 5) is 22.7. The Morgan fingerprint density at radius 1 is 1.48 bits per heavy atom. The third-order valence-corrected chi connectivity index (χ3v) is 4.02. The number of nitro benzene ring substituents is 1. The molecule has 23 heavy (non-hydrogen) atoms. The van der Waals surface area contributed by atoms with Crippen LogP contribution in [-0.4, -0.2) is 27.7 Å². The Hall–Kier alpha value is -2.42. The first-order valence-corrected chi connectivity index (χ1v) is 7.46. The predicted molar refractivity (Wildman–Crippen MR) is 87.7 cm³/mol. The number of hydrogen-bond donors (Lipinski definition) is 1. The van der Waals surface area contributed by atoms with Crippen molar-refractivity contribution in [3.05, 3.63) is 44.7 Å². The fourth-order valence-corrected chi connectivity index (χ4v) is 2.19. The number of rotatable bonds is 5. The zero-order valence-corrected chi connectivity index (χ0v) is 14.3. The Balaban J connectivity index is 2.22. The molecule has 1 atom stereocenters. The van der Waals surface area contributed by atoms with Crippen molar-refractivity contribution in [2.75, 3.05) is 12.4 Å². The van der Waals surface area contributed by atoms with Gasteiger partial charge in [-0.2, -0.15) is 5.10 Å². The maximum atomic E-state index is 12.3. The van der Waals surface area contributed by atoms with Crippen LogP contribution in [0.25, 0.3) is 0 Å². The zero-order chi connectivity index (χ0) is 17.1. The van der Waals surface area contributed by atoms with Gasteiger partial charge < -0.3 is 10.1 Å². The van der Waals surface area contributed by atoms with Crippen molar-refractivity contribution in [2.45, 2.75) is 19.9 Å². The van der Waals surface area contributed by atoms with Crippen molar-refractivity contribution in [1.29, 1.82) is 0 Å². The van der Waals surface area contributed by atoms with Crippen LogP contribution in [0.4, 0.5) is 11.4 Å². The van der Waals surface area contributed by atoms with Crippen molar-refractivity contribution in [2.24, 2.45) is 0 Å². The zero-order valence-electron chi connectivity index (χ0n) is 12.7. The van der Waals surface area contributed by atoms with Crippen molar-refractivity contribution in [3.63, 3.8) is 0 Å². The Morgan fingerprint density at radius 2 is 2.17 bits per heavy atom. The molecule has 0 saturated heterocycles. The number of nitrogens with zero attached hydrogens (tertiary/aromatic N) is 3. The van der Waals surface area contributed by atoms with Gasteiger partial charge in [0.1, 0.15) is 11.8 Å². The molecule has 0 aliphatic heterocycles. The van der Waals surface area contributed by atoms with Crippen molar-refractivity contribution >= 4 is 33.2 Å². The number of nitrogens with one attached hydrogen (secondary N) is 1. The second kappa shape index (κ2) is 6.78. The highest BCUT2D eigenvalue weighted by Gasteiger charge is 2.19. The number of carbonyl (C=O) groups excluding carboxylic acids is 1. The molecule has 2 rings (SSSR count). The summed E-state index contributed by atoms with van der Waals surface area (Å²) in [6, 6.07) is 3.50. The first-order chi connectivity index (χ1) is 10.8. The quantitative estimate of drug-likeness (QED) is 0.632. The monoisotopic (exact) mass is 382 g/mol. The molecule has 1 heterocycles. The molecule has 0 aliphatic rings. The Morgan fingerprint density at radius 3 is 2.70 bits per heavy atom. The van der Waals surface area contributed by atoms with Crippen molar-refractivity contribution in [1.82, 2.24) is 9.78 Å². The first kappa shape index (κ1) is 16.9. The number of carbonyl (C=O) groups is 1. The van der Waals surface area contributed by atoms with E-state index in [1.807, 2.05) is 6.92 Å². The average Bonchev–Trinajstić information content (AvgIpc) is 2.85. The van der Waals surface area contributed by atoms with E-state index in [0.717, 1.165) is 10.2 Å². The van der Waals surface area contributed by atoms with E-state index in [1.54, 1.807) is 13.1 Å². The van der Waals surface area contributed by atoms with Gasteiger partial charge in [-0.3, -0.25) is 19.6 Å². The van der Waals surface area contributed by atoms with Crippen LogP contribution < -0.4 is 10.1 Å². The minimum Gasteiger partial charge on any atom is -0.496 e. The van der Waals surface area contributed by atoms with Gasteiger partial charge in [-0.05, 0) is 29.8 Å². The normalized spacial score (nSPS) is 11.8. The van der Waals surface area contributed by atoms with E-state index in [9.17, 15) is 14.9 Å². The number of anilines is 1. The van der Waals surface area contributed by atoms with E-state index in [2.05, 4.69) is 26.3 Å². The van der Waals surface area contributed by atoms with E-state index < -0.39 is 11.0 Å². The molecule has 2 aromatic rings. The molecule has 0 fully saturated rings. The Bertz CT molecular complexity index is 740. The lowest BCUT2D eigenvalue weighted by molar-refractivity contribution is -0.384. The second-order valence-electron chi connectivity index (χ2n) is 4.88. The number of non-ortho nitro benzene ring substituents is 1. The summed E-state index contributed by atoms with van der Waals surface area (Å²) in [6.07, 6.45) is 1.70. The molecule has 1 N–H and O–H groups in total. The Labute approximate surface area is 140 Å². The third-order valence-electron chi connectivity index (χ3n) is 3.24. The fourth-order valence-electron chi connectivity index (χ4n) is 1.90. The molecule has 9 heteroatoms. The number of methoxy groups -OCH3 is 1. The summed E-state index contributed by atoms with van der Waals surface area (Å²) < 4.78 is 7.33. The summed E-state index contributed by atoms with van der Waals surface area (Å²) in [6.45, 7) is 3.50. The van der Waals surface area contributed by atoms with Crippen LogP contribution in [0.1, 0.15) is 18.7 Å². The lowest BCUT2D eigenvalue weighted by Gasteiger charge is -2.13. The van der Waals surface area contributed by atoms with Crippen LogP contribution in [0.2, 0.25) is 0 Å². The van der Waals surface area contributed by atoms with Gasteiger partial charge in [-0.1, -0.05) is 0 Å². The first-order valence-electron chi connectivity index (χ1n) is 6.67. The molecular weight excluding hydrogens is 368 g/mol. The fraction of sp³-hybridized carbons (Fsp3) is 0.286.